The van der Waals surface area contributed by atoms with Crippen LogP contribution in [0.5, 0.6) is 5.75 Å². The maximum atomic E-state index is 5.40. The molecule has 0 fully saturated rings. The number of nitrogens with zero attached hydrogens (tertiary/aromatic N) is 2. The Morgan fingerprint density at radius 1 is 1.12 bits per heavy atom. The van der Waals surface area contributed by atoms with Crippen molar-refractivity contribution in [2.45, 2.75) is 33.6 Å². The van der Waals surface area contributed by atoms with Crippen LogP contribution in [0.1, 0.15) is 32.8 Å². The molecule has 0 unspecified atom stereocenters. The third-order valence-electron chi connectivity index (χ3n) is 3.90. The number of halogens is 1. The zero-order valence-electron chi connectivity index (χ0n) is 16.2. The molecule has 0 bridgehead atoms. The third kappa shape index (κ3) is 9.89. The summed E-state index contributed by atoms with van der Waals surface area (Å²) in [5, 5.41) is 6.72. The van der Waals surface area contributed by atoms with E-state index in [4.69, 9.17) is 4.74 Å². The Kier molecular flexibility index (Phi) is 14.6. The van der Waals surface area contributed by atoms with Crippen LogP contribution in [0.3, 0.4) is 0 Å². The van der Waals surface area contributed by atoms with E-state index < -0.39 is 0 Å². The van der Waals surface area contributed by atoms with Crippen LogP contribution >= 0.6 is 24.0 Å². The normalized spacial score (nSPS) is 11.2. The van der Waals surface area contributed by atoms with Gasteiger partial charge in [-0.15, -0.1) is 24.0 Å². The monoisotopic (exact) mass is 462 g/mol. The van der Waals surface area contributed by atoms with Crippen LogP contribution in [0, 0.1) is 0 Å². The summed E-state index contributed by atoms with van der Waals surface area (Å²) >= 11 is 0. The maximum Gasteiger partial charge on any atom is 0.191 e. The second-order valence-electron chi connectivity index (χ2n) is 5.68. The highest BCUT2D eigenvalue weighted by atomic mass is 127. The van der Waals surface area contributed by atoms with E-state index in [9.17, 15) is 0 Å². The van der Waals surface area contributed by atoms with Crippen molar-refractivity contribution in [2.24, 2.45) is 4.99 Å². The van der Waals surface area contributed by atoms with Crippen molar-refractivity contribution in [3.63, 3.8) is 0 Å². The number of likely N-dealkylation sites (N-methyl/N-ethyl adjacent to an activating group) is 1. The van der Waals surface area contributed by atoms with Crippen LogP contribution in [-0.2, 0) is 6.42 Å². The molecular weight excluding hydrogens is 427 g/mol. The van der Waals surface area contributed by atoms with E-state index in [1.807, 2.05) is 18.2 Å². The Morgan fingerprint density at radius 2 is 1.88 bits per heavy atom. The van der Waals surface area contributed by atoms with Crippen LogP contribution in [0.4, 0.5) is 0 Å². The number of hydrogen-bond acceptors (Lipinski definition) is 3. The quantitative estimate of drug-likeness (QED) is 0.302. The fourth-order valence-corrected chi connectivity index (χ4v) is 2.61. The van der Waals surface area contributed by atoms with E-state index in [1.54, 1.807) is 7.11 Å². The molecule has 0 aliphatic rings. The number of benzene rings is 1. The van der Waals surface area contributed by atoms with Crippen molar-refractivity contribution in [1.82, 2.24) is 15.5 Å². The van der Waals surface area contributed by atoms with E-state index in [0.717, 1.165) is 57.4 Å². The summed E-state index contributed by atoms with van der Waals surface area (Å²) in [6.45, 7) is 12.3. The van der Waals surface area contributed by atoms with Crippen molar-refractivity contribution in [3.05, 3.63) is 29.8 Å². The molecule has 2 N–H and O–H groups in total. The zero-order chi connectivity index (χ0) is 17.6. The molecule has 25 heavy (non-hydrogen) atoms. The Bertz CT molecular complexity index is 482. The number of aliphatic imine (C=N–C) groups is 1. The number of rotatable bonds is 11. The minimum absolute atomic E-state index is 0. The number of para-hydroxylation sites is 1. The fourth-order valence-electron chi connectivity index (χ4n) is 2.61. The molecular formula is C19H35IN4O. The topological polar surface area (TPSA) is 48.9 Å². The lowest BCUT2D eigenvalue weighted by molar-refractivity contribution is 0.297. The molecule has 0 saturated heterocycles. The first-order chi connectivity index (χ1) is 11.7. The molecule has 0 saturated carbocycles. The van der Waals surface area contributed by atoms with Crippen LogP contribution in [0.15, 0.2) is 29.3 Å². The largest absolute Gasteiger partial charge is 0.496 e. The smallest absolute Gasteiger partial charge is 0.191 e. The molecule has 0 atom stereocenters. The summed E-state index contributed by atoms with van der Waals surface area (Å²) in [5.74, 6) is 1.83. The standard InChI is InChI=1S/C19H34N4O.HI/c1-5-15-23(7-3)16-14-22-19(20-6-2)21-13-12-17-10-8-9-11-18(17)24-4;/h8-11H,5-7,12-16H2,1-4H3,(H2,20,21,22);1H. The van der Waals surface area contributed by atoms with Crippen molar-refractivity contribution in [3.8, 4) is 5.75 Å². The lowest BCUT2D eigenvalue weighted by Crippen LogP contribution is -2.39. The molecule has 0 aliphatic heterocycles. The highest BCUT2D eigenvalue weighted by Gasteiger charge is 2.03. The molecule has 1 rings (SSSR count). The lowest BCUT2D eigenvalue weighted by Gasteiger charge is -2.18. The predicted octanol–water partition coefficient (Wildman–Crippen LogP) is 3.14. The van der Waals surface area contributed by atoms with Crippen LogP contribution < -0.4 is 15.4 Å². The minimum Gasteiger partial charge on any atom is -0.496 e. The Labute approximate surface area is 170 Å². The summed E-state index contributed by atoms with van der Waals surface area (Å²) in [6, 6.07) is 8.15. The first-order valence-corrected chi connectivity index (χ1v) is 9.11. The molecule has 144 valence electrons. The SMILES string of the molecule is CCCN(CC)CCN=C(NCC)NCCc1ccccc1OC.I. The summed E-state index contributed by atoms with van der Waals surface area (Å²) in [7, 11) is 1.72. The van der Waals surface area contributed by atoms with E-state index >= 15 is 0 Å². The van der Waals surface area contributed by atoms with Crippen LogP contribution in [0.2, 0.25) is 0 Å². The highest BCUT2D eigenvalue weighted by molar-refractivity contribution is 14.0. The molecule has 0 amide bonds. The second-order valence-corrected chi connectivity index (χ2v) is 5.68. The molecule has 0 radical (unpaired) electrons. The van der Waals surface area contributed by atoms with E-state index in [-0.39, 0.29) is 24.0 Å². The van der Waals surface area contributed by atoms with Crippen molar-refractivity contribution in [2.75, 3.05) is 46.4 Å². The summed E-state index contributed by atoms with van der Waals surface area (Å²) in [4.78, 5) is 7.11. The Hall–Kier alpha value is -1.02. The van der Waals surface area contributed by atoms with Gasteiger partial charge in [0.1, 0.15) is 5.75 Å². The van der Waals surface area contributed by atoms with E-state index in [0.29, 0.717) is 0 Å². The van der Waals surface area contributed by atoms with Gasteiger partial charge in [0, 0.05) is 19.6 Å². The van der Waals surface area contributed by atoms with Crippen molar-refractivity contribution < 1.29 is 4.74 Å². The van der Waals surface area contributed by atoms with Gasteiger partial charge in [-0.2, -0.15) is 0 Å². The molecule has 0 spiro atoms. The molecule has 0 aromatic heterocycles. The number of hydrogen-bond donors (Lipinski definition) is 2. The number of nitrogens with one attached hydrogen (secondary N) is 2. The van der Waals surface area contributed by atoms with Gasteiger partial charge in [-0.3, -0.25) is 4.99 Å². The van der Waals surface area contributed by atoms with Gasteiger partial charge in [-0.25, -0.2) is 0 Å². The average molecular weight is 462 g/mol. The number of methoxy groups -OCH3 is 1. The van der Waals surface area contributed by atoms with Gasteiger partial charge in [0.05, 0.1) is 13.7 Å². The number of guanidine groups is 1. The third-order valence-corrected chi connectivity index (χ3v) is 3.90. The van der Waals surface area contributed by atoms with Crippen molar-refractivity contribution in [1.29, 1.82) is 0 Å². The molecule has 0 aliphatic carbocycles. The van der Waals surface area contributed by atoms with E-state index in [2.05, 4.69) is 47.4 Å². The Balaban J connectivity index is 0.00000576. The molecule has 6 heteroatoms. The van der Waals surface area contributed by atoms with Gasteiger partial charge in [0.15, 0.2) is 5.96 Å². The zero-order valence-corrected chi connectivity index (χ0v) is 18.5. The van der Waals surface area contributed by atoms with Gasteiger partial charge in [-0.1, -0.05) is 32.0 Å². The average Bonchev–Trinajstić information content (AvgIpc) is 2.61. The predicted molar refractivity (Wildman–Crippen MR) is 118 cm³/mol. The first kappa shape index (κ1) is 24.0. The van der Waals surface area contributed by atoms with E-state index in [1.165, 1.54) is 12.0 Å². The molecule has 1 aromatic rings. The van der Waals surface area contributed by atoms with Crippen molar-refractivity contribution >= 4 is 29.9 Å². The molecule has 1 aromatic carbocycles. The van der Waals surface area contributed by atoms with Gasteiger partial charge < -0.3 is 20.3 Å². The molecule has 5 nitrogen and oxygen atoms in total. The second kappa shape index (κ2) is 15.3. The van der Waals surface area contributed by atoms with Crippen LogP contribution in [-0.4, -0.2) is 57.2 Å². The fraction of sp³-hybridized carbons (Fsp3) is 0.632. The van der Waals surface area contributed by atoms with Crippen LogP contribution in [0.25, 0.3) is 0 Å². The van der Waals surface area contributed by atoms with Gasteiger partial charge in [0.2, 0.25) is 0 Å². The summed E-state index contributed by atoms with van der Waals surface area (Å²) in [6.07, 6.45) is 2.10. The Morgan fingerprint density at radius 3 is 2.52 bits per heavy atom. The van der Waals surface area contributed by atoms with Gasteiger partial charge >= 0.3 is 0 Å². The lowest BCUT2D eigenvalue weighted by atomic mass is 10.1. The maximum absolute atomic E-state index is 5.40. The first-order valence-electron chi connectivity index (χ1n) is 9.11. The van der Waals surface area contributed by atoms with Gasteiger partial charge in [0.25, 0.3) is 0 Å². The number of ether oxygens (including phenoxy) is 1. The highest BCUT2D eigenvalue weighted by Crippen LogP contribution is 2.17. The summed E-state index contributed by atoms with van der Waals surface area (Å²) in [5.41, 5.74) is 1.21. The summed E-state index contributed by atoms with van der Waals surface area (Å²) < 4.78 is 5.40. The van der Waals surface area contributed by atoms with Gasteiger partial charge in [-0.05, 0) is 44.5 Å². The molecule has 0 heterocycles. The minimum atomic E-state index is 0.